The number of carbonyl (C=O) groups excluding carboxylic acids is 1. The van der Waals surface area contributed by atoms with E-state index in [4.69, 9.17) is 5.73 Å². The largest absolute Gasteiger partial charge is 0.416 e. The summed E-state index contributed by atoms with van der Waals surface area (Å²) < 4.78 is 40.4. The van der Waals surface area contributed by atoms with Gasteiger partial charge in [0.15, 0.2) is 5.65 Å². The highest BCUT2D eigenvalue weighted by Crippen LogP contribution is 2.32. The molecular weight excluding hydrogens is 447 g/mol. The van der Waals surface area contributed by atoms with Crippen LogP contribution in [0.15, 0.2) is 54.9 Å². The smallest absolute Gasteiger partial charge is 0.383 e. The zero-order valence-electron chi connectivity index (χ0n) is 18.2. The van der Waals surface area contributed by atoms with Crippen molar-refractivity contribution in [2.24, 2.45) is 0 Å². The third-order valence-corrected chi connectivity index (χ3v) is 5.15. The summed E-state index contributed by atoms with van der Waals surface area (Å²) in [6, 6.07) is 10.6. The zero-order valence-corrected chi connectivity index (χ0v) is 18.2. The summed E-state index contributed by atoms with van der Waals surface area (Å²) in [5.41, 5.74) is 7.78. The lowest BCUT2D eigenvalue weighted by atomic mass is 10.1. The molecule has 0 fully saturated rings. The van der Waals surface area contributed by atoms with Gasteiger partial charge in [0.1, 0.15) is 17.8 Å². The summed E-state index contributed by atoms with van der Waals surface area (Å²) >= 11 is 0. The van der Waals surface area contributed by atoms with Gasteiger partial charge in [-0.05, 0) is 36.8 Å². The fourth-order valence-corrected chi connectivity index (χ4v) is 3.47. The third kappa shape index (κ3) is 4.92. The van der Waals surface area contributed by atoms with Crippen molar-refractivity contribution in [3.8, 4) is 11.3 Å². The molecule has 0 saturated carbocycles. The van der Waals surface area contributed by atoms with Crippen LogP contribution < -0.4 is 16.4 Å². The van der Waals surface area contributed by atoms with E-state index in [2.05, 4.69) is 32.6 Å². The van der Waals surface area contributed by atoms with E-state index in [-0.39, 0.29) is 5.69 Å². The number of fused-ring (bicyclic) bond motifs is 1. The van der Waals surface area contributed by atoms with Gasteiger partial charge in [-0.15, -0.1) is 0 Å². The van der Waals surface area contributed by atoms with Crippen molar-refractivity contribution in [2.45, 2.75) is 32.5 Å². The molecule has 0 bridgehead atoms. The summed E-state index contributed by atoms with van der Waals surface area (Å²) in [4.78, 5) is 20.7. The van der Waals surface area contributed by atoms with Crippen LogP contribution in [0.5, 0.6) is 0 Å². The molecule has 0 spiro atoms. The van der Waals surface area contributed by atoms with E-state index in [0.717, 1.165) is 30.5 Å². The summed E-state index contributed by atoms with van der Waals surface area (Å²) in [7, 11) is 0. The summed E-state index contributed by atoms with van der Waals surface area (Å²) in [6.07, 6.45) is -1.15. The second-order valence-corrected chi connectivity index (χ2v) is 7.62. The van der Waals surface area contributed by atoms with E-state index < -0.39 is 17.8 Å². The van der Waals surface area contributed by atoms with Gasteiger partial charge in [0.05, 0.1) is 10.9 Å². The Bertz CT molecular complexity index is 1320. The molecule has 176 valence electrons. The Morgan fingerprint density at radius 2 is 1.79 bits per heavy atom. The molecule has 34 heavy (non-hydrogen) atoms. The third-order valence-electron chi connectivity index (χ3n) is 5.15. The number of nitrogen functional groups attached to an aromatic ring is 1. The second-order valence-electron chi connectivity index (χ2n) is 7.62. The number of rotatable bonds is 6. The molecule has 0 unspecified atom stereocenters. The molecule has 8 nitrogen and oxygen atoms in total. The number of alkyl halides is 3. The molecule has 0 radical (unpaired) electrons. The van der Waals surface area contributed by atoms with Crippen LogP contribution in [0.25, 0.3) is 22.3 Å². The van der Waals surface area contributed by atoms with E-state index in [1.54, 1.807) is 28.9 Å². The molecule has 0 saturated heterocycles. The second kappa shape index (κ2) is 9.38. The quantitative estimate of drug-likeness (QED) is 0.343. The predicted molar refractivity (Wildman–Crippen MR) is 124 cm³/mol. The van der Waals surface area contributed by atoms with Crippen LogP contribution in [0.4, 0.5) is 35.2 Å². The molecule has 4 aromatic rings. The lowest BCUT2D eigenvalue weighted by Crippen LogP contribution is -2.19. The minimum Gasteiger partial charge on any atom is -0.383 e. The number of amides is 2. The maximum absolute atomic E-state index is 12.9. The highest BCUT2D eigenvalue weighted by atomic mass is 19.4. The van der Waals surface area contributed by atoms with E-state index in [9.17, 15) is 18.0 Å². The van der Waals surface area contributed by atoms with Crippen LogP contribution in [0.2, 0.25) is 0 Å². The molecule has 4 N–H and O–H groups in total. The van der Waals surface area contributed by atoms with Gasteiger partial charge in [-0.3, -0.25) is 0 Å². The highest BCUT2D eigenvalue weighted by molar-refractivity contribution is 6.01. The Balaban J connectivity index is 1.52. The lowest BCUT2D eigenvalue weighted by molar-refractivity contribution is -0.137. The Labute approximate surface area is 193 Å². The van der Waals surface area contributed by atoms with E-state index in [1.165, 1.54) is 18.5 Å². The monoisotopic (exact) mass is 469 g/mol. The van der Waals surface area contributed by atoms with Crippen LogP contribution in [0, 0.1) is 0 Å². The molecule has 2 aromatic heterocycles. The number of unbranched alkanes of at least 4 members (excludes halogenated alkanes) is 1. The molecule has 2 amide bonds. The van der Waals surface area contributed by atoms with Crippen molar-refractivity contribution in [3.05, 3.63) is 60.4 Å². The van der Waals surface area contributed by atoms with Gasteiger partial charge >= 0.3 is 12.2 Å². The molecule has 4 rings (SSSR count). The van der Waals surface area contributed by atoms with Crippen molar-refractivity contribution >= 4 is 34.3 Å². The summed E-state index contributed by atoms with van der Waals surface area (Å²) in [5.74, 6) is 0.324. The fourth-order valence-electron chi connectivity index (χ4n) is 3.47. The molecule has 0 aliphatic carbocycles. The first-order valence-electron chi connectivity index (χ1n) is 10.6. The van der Waals surface area contributed by atoms with Gasteiger partial charge < -0.3 is 16.4 Å². The predicted octanol–water partition coefficient (Wildman–Crippen LogP) is 5.54. The number of anilines is 3. The number of hydrogen-bond acceptors (Lipinski definition) is 5. The van der Waals surface area contributed by atoms with Crippen molar-refractivity contribution in [1.82, 2.24) is 19.7 Å². The number of benzene rings is 2. The Morgan fingerprint density at radius 3 is 2.50 bits per heavy atom. The molecule has 2 aromatic carbocycles. The molecule has 2 heterocycles. The number of urea groups is 1. The van der Waals surface area contributed by atoms with Gasteiger partial charge in [0.2, 0.25) is 0 Å². The Morgan fingerprint density at radius 1 is 1.06 bits per heavy atom. The van der Waals surface area contributed by atoms with Crippen molar-refractivity contribution in [3.63, 3.8) is 0 Å². The van der Waals surface area contributed by atoms with E-state index in [0.29, 0.717) is 34.8 Å². The first kappa shape index (κ1) is 23.0. The number of carbonyl (C=O) groups is 1. The van der Waals surface area contributed by atoms with Crippen LogP contribution in [-0.2, 0) is 12.7 Å². The fraction of sp³-hybridized carbons (Fsp3) is 0.217. The Hall–Kier alpha value is -4.15. The normalized spacial score (nSPS) is 11.5. The highest BCUT2D eigenvalue weighted by Gasteiger charge is 2.30. The van der Waals surface area contributed by atoms with Crippen LogP contribution in [0.1, 0.15) is 25.3 Å². The average Bonchev–Trinajstić information content (AvgIpc) is 3.17. The maximum atomic E-state index is 12.9. The maximum Gasteiger partial charge on any atom is 0.416 e. The molecule has 11 heteroatoms. The van der Waals surface area contributed by atoms with Crippen LogP contribution in [0.3, 0.4) is 0 Å². The summed E-state index contributed by atoms with van der Waals surface area (Å²) in [5, 5.41) is 10.3. The lowest BCUT2D eigenvalue weighted by Gasteiger charge is -2.11. The van der Waals surface area contributed by atoms with Gasteiger partial charge in [-0.2, -0.15) is 18.3 Å². The molecule has 0 atom stereocenters. The SMILES string of the molecule is CCCCn1nc(-c2ccc(NC(=O)Nc3cccc(C(F)(F)F)c3)cc2)c2c(N)ncnc21. The zero-order chi connectivity index (χ0) is 24.3. The first-order valence-corrected chi connectivity index (χ1v) is 10.6. The summed E-state index contributed by atoms with van der Waals surface area (Å²) in [6.45, 7) is 2.78. The van der Waals surface area contributed by atoms with E-state index in [1.807, 2.05) is 0 Å². The average molecular weight is 469 g/mol. The van der Waals surface area contributed by atoms with Gasteiger partial charge in [-0.25, -0.2) is 19.4 Å². The van der Waals surface area contributed by atoms with Crippen LogP contribution >= 0.6 is 0 Å². The number of nitrogens with one attached hydrogen (secondary N) is 2. The minimum atomic E-state index is -4.49. The number of aromatic nitrogens is 4. The molecular formula is C23H22F3N7O. The topological polar surface area (TPSA) is 111 Å². The van der Waals surface area contributed by atoms with Gasteiger partial charge in [0.25, 0.3) is 0 Å². The van der Waals surface area contributed by atoms with Gasteiger partial charge in [0, 0.05) is 23.5 Å². The van der Waals surface area contributed by atoms with Crippen molar-refractivity contribution in [2.75, 3.05) is 16.4 Å². The van der Waals surface area contributed by atoms with Gasteiger partial charge in [-0.1, -0.05) is 31.5 Å². The van der Waals surface area contributed by atoms with Crippen molar-refractivity contribution in [1.29, 1.82) is 0 Å². The number of halogens is 3. The standard InChI is InChI=1S/C23H22F3N7O/c1-2-3-11-33-21-18(20(27)28-13-29-21)19(32-33)14-7-9-16(10-8-14)30-22(34)31-17-6-4-5-15(12-17)23(24,25)26/h4-10,12-13H,2-3,11H2,1H3,(H2,27,28,29)(H2,30,31,34). The number of aryl methyl sites for hydroxylation is 1. The number of nitrogens with two attached hydrogens (primary N) is 1. The van der Waals surface area contributed by atoms with Crippen LogP contribution in [-0.4, -0.2) is 25.8 Å². The first-order chi connectivity index (χ1) is 16.3. The van der Waals surface area contributed by atoms with Crippen molar-refractivity contribution < 1.29 is 18.0 Å². The molecule has 0 aliphatic heterocycles. The minimum absolute atomic E-state index is 0.0310. The van der Waals surface area contributed by atoms with E-state index >= 15 is 0 Å². The number of nitrogens with zero attached hydrogens (tertiary/aromatic N) is 4. The number of hydrogen-bond donors (Lipinski definition) is 3. The molecule has 0 aliphatic rings. The Kier molecular flexibility index (Phi) is 6.35.